The van der Waals surface area contributed by atoms with Crippen LogP contribution in [0.25, 0.3) is 0 Å². The molecule has 24 heavy (non-hydrogen) atoms. The molecule has 0 nitrogen and oxygen atoms in total. The molecule has 1 atom stereocenters. The second kappa shape index (κ2) is 20.2. The highest BCUT2D eigenvalue weighted by molar-refractivity contribution is 7.16. The van der Waals surface area contributed by atoms with Gasteiger partial charge in [0.25, 0.3) is 0 Å². The molecule has 0 fully saturated rings. The van der Waals surface area contributed by atoms with Gasteiger partial charge in [-0.05, 0) is 33.9 Å². The van der Waals surface area contributed by atoms with Crippen LogP contribution in [0.15, 0.2) is 0 Å². The van der Waals surface area contributed by atoms with Gasteiger partial charge in [0.1, 0.15) is 0 Å². The number of hydrogen-bond donors (Lipinski definition) is 0. The molecule has 0 aliphatic carbocycles. The van der Waals surface area contributed by atoms with Crippen LogP contribution in [0, 0.1) is 5.41 Å². The molecule has 0 aliphatic rings. The highest BCUT2D eigenvalue weighted by Gasteiger charge is 2.22. The summed E-state index contributed by atoms with van der Waals surface area (Å²) in [5.41, 5.74) is 0.664. The summed E-state index contributed by atoms with van der Waals surface area (Å²) in [7, 11) is 2.12. The molecule has 0 aromatic rings. The van der Waals surface area contributed by atoms with E-state index in [0.29, 0.717) is 5.41 Å². The largest absolute Gasteiger partial charge is 1.00 e. The first-order chi connectivity index (χ1) is 11.2. The molecule has 0 saturated carbocycles. The first-order valence-corrected chi connectivity index (χ1v) is 12.0. The van der Waals surface area contributed by atoms with Gasteiger partial charge in [0.2, 0.25) is 0 Å². The normalized spacial score (nSPS) is 11.6. The molecule has 0 aliphatic heterocycles. The second-order valence-corrected chi connectivity index (χ2v) is 8.47. The fraction of sp³-hybridized carbons (Fsp3) is 1.00. The van der Waals surface area contributed by atoms with Crippen LogP contribution in [0.4, 0.5) is 0 Å². The first kappa shape index (κ1) is 27.1. The Morgan fingerprint density at radius 3 is 1.08 bits per heavy atom. The van der Waals surface area contributed by atoms with E-state index >= 15 is 0 Å². The van der Waals surface area contributed by atoms with Crippen molar-refractivity contribution in [2.24, 2.45) is 5.41 Å². The van der Waals surface area contributed by atoms with Crippen molar-refractivity contribution in [2.45, 2.75) is 130 Å². The highest BCUT2D eigenvalue weighted by Crippen LogP contribution is 2.36. The quantitative estimate of drug-likeness (QED) is 0.208. The Morgan fingerprint density at radius 2 is 0.792 bits per heavy atom. The van der Waals surface area contributed by atoms with Crippen molar-refractivity contribution in [3.63, 3.8) is 0 Å². The lowest BCUT2D eigenvalue weighted by Gasteiger charge is -2.30. The summed E-state index contributed by atoms with van der Waals surface area (Å²) in [6.07, 6.45) is 26.2. The molecule has 148 valence electrons. The third-order valence-electron chi connectivity index (χ3n) is 6.21. The highest BCUT2D eigenvalue weighted by atomic mass is 79.9. The topological polar surface area (TPSA) is 0 Å². The summed E-state index contributed by atoms with van der Waals surface area (Å²) < 4.78 is 0. The van der Waals surface area contributed by atoms with Crippen LogP contribution in [0.3, 0.4) is 0 Å². The lowest BCUT2D eigenvalue weighted by molar-refractivity contribution is -0.00000529. The molecule has 0 saturated heterocycles. The molecule has 2 heteroatoms. The number of halogens is 1. The van der Waals surface area contributed by atoms with E-state index in [4.69, 9.17) is 0 Å². The predicted molar refractivity (Wildman–Crippen MR) is 114 cm³/mol. The van der Waals surface area contributed by atoms with Crippen LogP contribution in [0.1, 0.15) is 130 Å². The van der Waals surface area contributed by atoms with E-state index < -0.39 is 0 Å². The summed E-state index contributed by atoms with van der Waals surface area (Å²) in [6.45, 7) is 7.16. The average Bonchev–Trinajstić information content (AvgIpc) is 2.59. The zero-order valence-corrected chi connectivity index (χ0v) is 20.3. The van der Waals surface area contributed by atoms with Gasteiger partial charge in [-0.25, -0.2) is 0 Å². The summed E-state index contributed by atoms with van der Waals surface area (Å²) in [4.78, 5) is 0. The molecule has 0 aromatic heterocycles. The molecule has 0 heterocycles. The molecule has 0 rings (SSSR count). The number of unbranched alkanes of at least 4 members (excludes halogenated alkanes) is 12. The number of hydrogen-bond acceptors (Lipinski definition) is 0. The van der Waals surface area contributed by atoms with Crippen LogP contribution >= 0.6 is 9.24 Å². The van der Waals surface area contributed by atoms with Gasteiger partial charge in [-0.2, -0.15) is 0 Å². The minimum atomic E-state index is 0. The SMILES string of the molecule is CCC(CC)(CC)CCCCCCCCCCCCCCC[PH3+].[Br-]. The summed E-state index contributed by atoms with van der Waals surface area (Å²) in [5, 5.41) is 0. The smallest absolute Gasteiger partial charge is 0.0526 e. The monoisotopic (exact) mass is 422 g/mol. The lowest BCUT2D eigenvalue weighted by atomic mass is 9.75. The van der Waals surface area contributed by atoms with Gasteiger partial charge in [0, 0.05) is 0 Å². The van der Waals surface area contributed by atoms with Crippen LogP contribution in [-0.2, 0) is 0 Å². The van der Waals surface area contributed by atoms with E-state index in [0.717, 1.165) is 0 Å². The van der Waals surface area contributed by atoms with Crippen molar-refractivity contribution in [3.8, 4) is 0 Å². The number of rotatable bonds is 18. The first-order valence-electron chi connectivity index (χ1n) is 11.0. The predicted octanol–water partition coefficient (Wildman–Crippen LogP) is 5.28. The Bertz CT molecular complexity index is 218. The van der Waals surface area contributed by atoms with Crippen LogP contribution < -0.4 is 17.0 Å². The molecular formula is C22H48BrP. The second-order valence-electron chi connectivity index (χ2n) is 7.76. The molecule has 1 unspecified atom stereocenters. The maximum atomic E-state index is 2.39. The van der Waals surface area contributed by atoms with Gasteiger partial charge < -0.3 is 17.0 Å². The Kier molecular flexibility index (Phi) is 22.9. The van der Waals surface area contributed by atoms with E-state index in [1.54, 1.807) is 0 Å². The Hall–Kier alpha value is 0.910. The zero-order valence-electron chi connectivity index (χ0n) is 17.3. The van der Waals surface area contributed by atoms with Crippen LogP contribution in [0.2, 0.25) is 0 Å². The van der Waals surface area contributed by atoms with Crippen molar-refractivity contribution < 1.29 is 17.0 Å². The minimum Gasteiger partial charge on any atom is -1.00 e. The molecule has 0 bridgehead atoms. The van der Waals surface area contributed by atoms with E-state index in [1.165, 1.54) is 115 Å². The van der Waals surface area contributed by atoms with Crippen molar-refractivity contribution in [3.05, 3.63) is 0 Å². The Morgan fingerprint density at radius 1 is 0.500 bits per heavy atom. The molecular weight excluding hydrogens is 375 g/mol. The van der Waals surface area contributed by atoms with Gasteiger partial charge in [-0.1, -0.05) is 111 Å². The minimum absolute atomic E-state index is 0. The molecule has 0 N–H and O–H groups in total. The average molecular weight is 424 g/mol. The van der Waals surface area contributed by atoms with Gasteiger partial charge in [0.05, 0.1) is 6.16 Å². The maximum absolute atomic E-state index is 2.39. The summed E-state index contributed by atoms with van der Waals surface area (Å²) in [6, 6.07) is 0. The molecule has 0 amide bonds. The van der Waals surface area contributed by atoms with E-state index in [1.807, 2.05) is 0 Å². The maximum Gasteiger partial charge on any atom is 0.0526 e. The Labute approximate surface area is 167 Å². The van der Waals surface area contributed by atoms with Crippen molar-refractivity contribution >= 4 is 9.24 Å². The van der Waals surface area contributed by atoms with Gasteiger partial charge >= 0.3 is 0 Å². The van der Waals surface area contributed by atoms with Crippen molar-refractivity contribution in [1.82, 2.24) is 0 Å². The standard InChI is InChI=1S/C22H47P.BrH/c1-4-22(5-2,6-3)20-18-16-14-12-10-8-7-9-11-13-15-17-19-21-23;/h4-21,23H2,1-3H3;1H. The van der Waals surface area contributed by atoms with Crippen LogP contribution in [-0.4, -0.2) is 6.16 Å². The summed E-state index contributed by atoms with van der Waals surface area (Å²) in [5.74, 6) is 0. The molecule has 0 aromatic carbocycles. The summed E-state index contributed by atoms with van der Waals surface area (Å²) >= 11 is 0. The third kappa shape index (κ3) is 15.2. The molecule has 0 radical (unpaired) electrons. The van der Waals surface area contributed by atoms with E-state index in [2.05, 4.69) is 30.0 Å². The van der Waals surface area contributed by atoms with Crippen molar-refractivity contribution in [1.29, 1.82) is 0 Å². The zero-order chi connectivity index (χ0) is 17.2. The fourth-order valence-corrected chi connectivity index (χ4v) is 4.26. The van der Waals surface area contributed by atoms with Gasteiger partial charge in [-0.3, -0.25) is 0 Å². The van der Waals surface area contributed by atoms with E-state index in [9.17, 15) is 0 Å². The lowest BCUT2D eigenvalue weighted by Crippen LogP contribution is -3.00. The van der Waals surface area contributed by atoms with Gasteiger partial charge in [-0.15, -0.1) is 0 Å². The van der Waals surface area contributed by atoms with Crippen molar-refractivity contribution in [2.75, 3.05) is 6.16 Å². The van der Waals surface area contributed by atoms with Gasteiger partial charge in [0.15, 0.2) is 0 Å². The Balaban J connectivity index is 0. The van der Waals surface area contributed by atoms with E-state index in [-0.39, 0.29) is 17.0 Å². The third-order valence-corrected chi connectivity index (χ3v) is 6.71. The fourth-order valence-electron chi connectivity index (χ4n) is 3.90. The van der Waals surface area contributed by atoms with Crippen LogP contribution in [0.5, 0.6) is 0 Å². The molecule has 0 spiro atoms.